The van der Waals surface area contributed by atoms with Crippen LogP contribution in [0, 0.1) is 0 Å². The van der Waals surface area contributed by atoms with Crippen LogP contribution in [0.25, 0.3) is 10.4 Å². The summed E-state index contributed by atoms with van der Waals surface area (Å²) in [6, 6.07) is 16.2. The monoisotopic (exact) mass is 385 g/mol. The van der Waals surface area contributed by atoms with Crippen LogP contribution in [-0.4, -0.2) is 43.2 Å². The zero-order valence-electron chi connectivity index (χ0n) is 14.6. The summed E-state index contributed by atoms with van der Waals surface area (Å²) in [5.74, 6) is -1.40. The van der Waals surface area contributed by atoms with Gasteiger partial charge in [-0.05, 0) is 29.8 Å². The summed E-state index contributed by atoms with van der Waals surface area (Å²) in [6.45, 7) is -0.377. The first-order valence-electron chi connectivity index (χ1n) is 8.42. The van der Waals surface area contributed by atoms with Gasteiger partial charge in [-0.3, -0.25) is 0 Å². The predicted octanol–water partition coefficient (Wildman–Crippen LogP) is 3.44. The average molecular weight is 385 g/mol. The van der Waals surface area contributed by atoms with E-state index < -0.39 is 36.5 Å². The van der Waals surface area contributed by atoms with Crippen LogP contribution in [0.15, 0.2) is 65.8 Å². The van der Waals surface area contributed by atoms with Gasteiger partial charge in [-0.15, -0.1) is 0 Å². The average Bonchev–Trinajstić information content (AvgIpc) is 3.02. The molecular weight excluding hydrogens is 369 g/mol. The molecule has 28 heavy (non-hydrogen) atoms. The zero-order chi connectivity index (χ0) is 19.9. The molecule has 9 heteroatoms. The van der Waals surface area contributed by atoms with Crippen LogP contribution in [0.5, 0.6) is 0 Å². The summed E-state index contributed by atoms with van der Waals surface area (Å²) in [5.41, 5.74) is 9.09. The molecule has 0 amide bonds. The molecule has 2 aromatic rings. The first-order valence-corrected chi connectivity index (χ1v) is 8.42. The minimum Gasteiger partial charge on any atom is -0.459 e. The van der Waals surface area contributed by atoms with Crippen molar-refractivity contribution in [2.24, 2.45) is 5.11 Å². The van der Waals surface area contributed by atoms with Crippen molar-refractivity contribution in [1.29, 1.82) is 0 Å². The Morgan fingerprint density at radius 3 is 2.18 bits per heavy atom. The van der Waals surface area contributed by atoms with Crippen LogP contribution in [0.2, 0.25) is 0 Å². The van der Waals surface area contributed by atoms with E-state index in [1.54, 1.807) is 48.5 Å². The Hall–Kier alpha value is -3.42. The molecule has 2 aromatic carbocycles. The summed E-state index contributed by atoms with van der Waals surface area (Å²) in [4.78, 5) is 26.9. The van der Waals surface area contributed by atoms with Crippen LogP contribution in [0.4, 0.5) is 4.39 Å². The third-order valence-corrected chi connectivity index (χ3v) is 4.07. The van der Waals surface area contributed by atoms with Gasteiger partial charge in [0.05, 0.1) is 11.1 Å². The number of hydrogen-bond donors (Lipinski definition) is 0. The number of ether oxygens (including phenoxy) is 3. The number of alkyl halides is 1. The highest BCUT2D eigenvalue weighted by Gasteiger charge is 2.48. The Kier molecular flexibility index (Phi) is 6.21. The third-order valence-electron chi connectivity index (χ3n) is 4.07. The third kappa shape index (κ3) is 4.46. The van der Waals surface area contributed by atoms with Crippen molar-refractivity contribution in [1.82, 2.24) is 0 Å². The van der Waals surface area contributed by atoms with E-state index in [0.29, 0.717) is 5.56 Å². The number of rotatable bonds is 6. The van der Waals surface area contributed by atoms with E-state index in [4.69, 9.17) is 19.7 Å². The normalized spacial score (nSPS) is 23.5. The molecule has 0 aromatic heterocycles. The number of hydrogen-bond acceptors (Lipinski definition) is 6. The molecule has 4 unspecified atom stereocenters. The van der Waals surface area contributed by atoms with Gasteiger partial charge >= 0.3 is 11.9 Å². The second-order valence-electron chi connectivity index (χ2n) is 5.91. The molecule has 8 nitrogen and oxygen atoms in total. The molecule has 0 aliphatic carbocycles. The van der Waals surface area contributed by atoms with E-state index >= 15 is 0 Å². The minimum atomic E-state index is -1.90. The topological polar surface area (TPSA) is 111 Å². The van der Waals surface area contributed by atoms with Gasteiger partial charge in [0.2, 0.25) is 0 Å². The molecule has 1 heterocycles. The lowest BCUT2D eigenvalue weighted by atomic mass is 10.1. The first-order chi connectivity index (χ1) is 13.6. The van der Waals surface area contributed by atoms with Crippen molar-refractivity contribution in [2.75, 3.05) is 6.61 Å². The first kappa shape index (κ1) is 19.3. The number of azide groups is 1. The molecular formula is C19H16FN3O5. The number of nitrogens with zero attached hydrogens (tertiary/aromatic N) is 3. The van der Waals surface area contributed by atoms with Gasteiger partial charge in [0, 0.05) is 4.91 Å². The maximum atomic E-state index is 14.6. The molecule has 0 N–H and O–H groups in total. The lowest BCUT2D eigenvalue weighted by Gasteiger charge is -2.20. The summed E-state index contributed by atoms with van der Waals surface area (Å²) in [5, 5.41) is 3.22. The van der Waals surface area contributed by atoms with Crippen molar-refractivity contribution in [3.63, 3.8) is 0 Å². The van der Waals surface area contributed by atoms with E-state index in [0.717, 1.165) is 0 Å². The van der Waals surface area contributed by atoms with Gasteiger partial charge in [-0.25, -0.2) is 14.0 Å². The van der Waals surface area contributed by atoms with Crippen molar-refractivity contribution in [3.05, 3.63) is 82.2 Å². The second kappa shape index (κ2) is 8.98. The molecule has 1 aliphatic rings. The summed E-state index contributed by atoms with van der Waals surface area (Å²) >= 11 is 0. The molecule has 1 fully saturated rings. The van der Waals surface area contributed by atoms with Gasteiger partial charge in [0.15, 0.2) is 18.5 Å². The van der Waals surface area contributed by atoms with E-state index in [-0.39, 0.29) is 12.2 Å². The van der Waals surface area contributed by atoms with Crippen LogP contribution < -0.4 is 0 Å². The second-order valence-corrected chi connectivity index (χ2v) is 5.91. The highest BCUT2D eigenvalue weighted by Crippen LogP contribution is 2.29. The summed E-state index contributed by atoms with van der Waals surface area (Å²) < 4.78 is 30.3. The van der Waals surface area contributed by atoms with Crippen molar-refractivity contribution < 1.29 is 28.2 Å². The van der Waals surface area contributed by atoms with E-state index in [1.165, 1.54) is 12.1 Å². The Morgan fingerprint density at radius 2 is 1.61 bits per heavy atom. The molecule has 0 saturated carbocycles. The number of esters is 2. The maximum Gasteiger partial charge on any atom is 0.338 e. The van der Waals surface area contributed by atoms with Gasteiger partial charge in [0.25, 0.3) is 0 Å². The molecule has 0 spiro atoms. The van der Waals surface area contributed by atoms with Crippen molar-refractivity contribution >= 4 is 11.9 Å². The molecule has 1 saturated heterocycles. The van der Waals surface area contributed by atoms with E-state index in [1.807, 2.05) is 0 Å². The fraction of sp³-hybridized carbons (Fsp3) is 0.263. The summed E-state index contributed by atoms with van der Waals surface area (Å²) in [6.07, 6.45) is -5.90. The Labute approximate surface area is 159 Å². The predicted molar refractivity (Wildman–Crippen MR) is 95.1 cm³/mol. The van der Waals surface area contributed by atoms with Crippen molar-refractivity contribution in [3.8, 4) is 0 Å². The highest BCUT2D eigenvalue weighted by molar-refractivity contribution is 5.90. The smallest absolute Gasteiger partial charge is 0.338 e. The molecule has 4 atom stereocenters. The molecule has 0 radical (unpaired) electrons. The SMILES string of the molecule is [N-]=[N+]=NC1OC(COC(=O)c2ccccc2)C(OC(=O)c2ccccc2)C1F. The van der Waals surface area contributed by atoms with Crippen LogP contribution in [-0.2, 0) is 14.2 Å². The lowest BCUT2D eigenvalue weighted by Crippen LogP contribution is -2.37. The Morgan fingerprint density at radius 1 is 1.04 bits per heavy atom. The number of carbonyl (C=O) groups is 2. The molecule has 144 valence electrons. The number of benzene rings is 2. The standard InChI is InChI=1S/C19H16FN3O5/c20-15-16(28-19(25)13-9-5-2-6-10-13)14(27-17(15)22-23-21)11-26-18(24)12-7-3-1-4-8-12/h1-10,14-17H,11H2. The zero-order valence-corrected chi connectivity index (χ0v) is 14.6. The van der Waals surface area contributed by atoms with Gasteiger partial charge in [0.1, 0.15) is 12.7 Å². The van der Waals surface area contributed by atoms with Gasteiger partial charge < -0.3 is 14.2 Å². The summed E-state index contributed by atoms with van der Waals surface area (Å²) in [7, 11) is 0. The maximum absolute atomic E-state index is 14.6. The molecule has 1 aliphatic heterocycles. The highest BCUT2D eigenvalue weighted by atomic mass is 19.1. The van der Waals surface area contributed by atoms with E-state index in [2.05, 4.69) is 10.0 Å². The fourth-order valence-corrected chi connectivity index (χ4v) is 2.70. The Bertz CT molecular complexity index is 874. The van der Waals surface area contributed by atoms with E-state index in [9.17, 15) is 14.0 Å². The van der Waals surface area contributed by atoms with Crippen LogP contribution in [0.3, 0.4) is 0 Å². The fourth-order valence-electron chi connectivity index (χ4n) is 2.70. The largest absolute Gasteiger partial charge is 0.459 e. The molecule has 0 bridgehead atoms. The van der Waals surface area contributed by atoms with Gasteiger partial charge in [-0.2, -0.15) is 0 Å². The minimum absolute atomic E-state index is 0.224. The van der Waals surface area contributed by atoms with Gasteiger partial charge in [-0.1, -0.05) is 41.5 Å². The Balaban J connectivity index is 1.70. The lowest BCUT2D eigenvalue weighted by molar-refractivity contribution is -0.0416. The molecule has 3 rings (SSSR count). The van der Waals surface area contributed by atoms with Crippen LogP contribution >= 0.6 is 0 Å². The number of carbonyl (C=O) groups excluding carboxylic acids is 2. The van der Waals surface area contributed by atoms with Crippen LogP contribution in [0.1, 0.15) is 20.7 Å². The van der Waals surface area contributed by atoms with Crippen molar-refractivity contribution in [2.45, 2.75) is 24.6 Å². The quantitative estimate of drug-likeness (QED) is 0.327. The number of halogens is 1.